The maximum Gasteiger partial charge on any atom is 0.0935 e. The highest BCUT2D eigenvalue weighted by molar-refractivity contribution is 14.1. The Kier molecular flexibility index (Phi) is 3.25. The van der Waals surface area contributed by atoms with Crippen molar-refractivity contribution in [1.29, 1.82) is 0 Å². The van der Waals surface area contributed by atoms with Gasteiger partial charge in [0.25, 0.3) is 0 Å². The summed E-state index contributed by atoms with van der Waals surface area (Å²) in [6, 6.07) is 4.13. The Bertz CT molecular complexity index is 396. The van der Waals surface area contributed by atoms with Crippen molar-refractivity contribution >= 4 is 33.9 Å². The van der Waals surface area contributed by atoms with Gasteiger partial charge in [0.2, 0.25) is 0 Å². The molecule has 2 rings (SSSR count). The van der Waals surface area contributed by atoms with Crippen molar-refractivity contribution in [3.63, 3.8) is 0 Å². The number of nitrogens with two attached hydrogens (primary N) is 1. The molecule has 2 aromatic rings. The van der Waals surface area contributed by atoms with Gasteiger partial charge in [0, 0.05) is 14.5 Å². The lowest BCUT2D eigenvalue weighted by Gasteiger charge is -2.08. The molecule has 0 aliphatic rings. The normalized spacial score (nSPS) is 13.0. The van der Waals surface area contributed by atoms with Crippen LogP contribution in [-0.2, 0) is 6.42 Å². The monoisotopic (exact) mass is 319 g/mol. The van der Waals surface area contributed by atoms with Gasteiger partial charge in [-0.05, 0) is 52.1 Å². The minimum Gasteiger partial charge on any atom is -0.472 e. The zero-order valence-corrected chi connectivity index (χ0v) is 10.4. The highest BCUT2D eigenvalue weighted by Crippen LogP contribution is 2.26. The Morgan fingerprint density at radius 3 is 2.93 bits per heavy atom. The molecule has 0 bridgehead atoms. The maximum atomic E-state index is 6.10. The largest absolute Gasteiger partial charge is 0.472 e. The molecule has 0 aromatic carbocycles. The van der Waals surface area contributed by atoms with Crippen molar-refractivity contribution in [2.45, 2.75) is 12.5 Å². The molecule has 2 N–H and O–H groups in total. The van der Waals surface area contributed by atoms with Gasteiger partial charge >= 0.3 is 0 Å². The summed E-state index contributed by atoms with van der Waals surface area (Å²) in [5.41, 5.74) is 7.25. The summed E-state index contributed by atoms with van der Waals surface area (Å²) in [6.07, 6.45) is 4.27. The molecule has 1 unspecified atom stereocenters. The first-order chi connectivity index (χ1) is 6.77. The number of rotatable bonds is 3. The molecule has 0 spiro atoms. The Morgan fingerprint density at radius 1 is 1.50 bits per heavy atom. The Balaban J connectivity index is 2.10. The third-order valence-electron chi connectivity index (χ3n) is 2.02. The molecule has 14 heavy (non-hydrogen) atoms. The molecule has 1 atom stereocenters. The molecule has 74 valence electrons. The summed E-state index contributed by atoms with van der Waals surface area (Å²) in [7, 11) is 0. The topological polar surface area (TPSA) is 39.2 Å². The molecule has 0 fully saturated rings. The third-order valence-corrected chi connectivity index (χ3v) is 4.37. The van der Waals surface area contributed by atoms with E-state index in [0.29, 0.717) is 0 Å². The van der Waals surface area contributed by atoms with Crippen molar-refractivity contribution < 1.29 is 4.42 Å². The van der Waals surface area contributed by atoms with Crippen LogP contribution in [0.15, 0.2) is 34.5 Å². The van der Waals surface area contributed by atoms with Crippen molar-refractivity contribution in [1.82, 2.24) is 0 Å². The number of thiophene rings is 1. The number of furan rings is 1. The molecule has 0 saturated carbocycles. The van der Waals surface area contributed by atoms with Crippen LogP contribution in [0.2, 0.25) is 0 Å². The predicted molar refractivity (Wildman–Crippen MR) is 66.4 cm³/mol. The molecule has 0 radical (unpaired) electrons. The van der Waals surface area contributed by atoms with Crippen LogP contribution < -0.4 is 5.73 Å². The first-order valence-corrected chi connectivity index (χ1v) is 6.23. The molecular weight excluding hydrogens is 309 g/mol. The van der Waals surface area contributed by atoms with Crippen LogP contribution in [0, 0.1) is 3.57 Å². The van der Waals surface area contributed by atoms with Crippen LogP contribution in [0.5, 0.6) is 0 Å². The molecule has 2 nitrogen and oxygen atoms in total. The minimum absolute atomic E-state index is 0.0829. The van der Waals surface area contributed by atoms with Gasteiger partial charge < -0.3 is 10.2 Å². The zero-order chi connectivity index (χ0) is 9.97. The number of hydrogen-bond acceptors (Lipinski definition) is 3. The van der Waals surface area contributed by atoms with Gasteiger partial charge in [-0.3, -0.25) is 0 Å². The fourth-order valence-corrected chi connectivity index (χ4v) is 3.32. The van der Waals surface area contributed by atoms with Gasteiger partial charge in [0.05, 0.1) is 12.5 Å². The van der Waals surface area contributed by atoms with E-state index < -0.39 is 0 Å². The predicted octanol–water partition coefficient (Wildman–Crippen LogP) is 3.19. The lowest BCUT2D eigenvalue weighted by Crippen LogP contribution is -2.12. The van der Waals surface area contributed by atoms with Crippen LogP contribution in [0.3, 0.4) is 0 Å². The fourth-order valence-electron chi connectivity index (χ4n) is 1.33. The first kappa shape index (κ1) is 10.2. The van der Waals surface area contributed by atoms with Gasteiger partial charge in [0.1, 0.15) is 0 Å². The lowest BCUT2D eigenvalue weighted by molar-refractivity contribution is 0.561. The lowest BCUT2D eigenvalue weighted by atomic mass is 10.1. The number of hydrogen-bond donors (Lipinski definition) is 1. The van der Waals surface area contributed by atoms with E-state index in [1.54, 1.807) is 23.9 Å². The molecule has 4 heteroatoms. The van der Waals surface area contributed by atoms with E-state index in [2.05, 4.69) is 34.0 Å². The Morgan fingerprint density at radius 2 is 2.36 bits per heavy atom. The molecule has 0 aliphatic heterocycles. The SMILES string of the molecule is NC(Cc1ccoc1)c1sccc1I. The molecule has 0 aliphatic carbocycles. The summed E-state index contributed by atoms with van der Waals surface area (Å²) in [5, 5.41) is 2.08. The molecular formula is C10H10INOS. The first-order valence-electron chi connectivity index (χ1n) is 4.27. The van der Waals surface area contributed by atoms with Gasteiger partial charge in [0.15, 0.2) is 0 Å². The van der Waals surface area contributed by atoms with E-state index >= 15 is 0 Å². The van der Waals surface area contributed by atoms with E-state index in [0.717, 1.165) is 12.0 Å². The van der Waals surface area contributed by atoms with Gasteiger partial charge in [-0.2, -0.15) is 0 Å². The molecule has 2 heterocycles. The average Bonchev–Trinajstić information content (AvgIpc) is 2.75. The fraction of sp³-hybridized carbons (Fsp3) is 0.200. The Hall–Kier alpha value is -0.330. The van der Waals surface area contributed by atoms with Crippen LogP contribution in [0.25, 0.3) is 0 Å². The van der Waals surface area contributed by atoms with Gasteiger partial charge in [-0.15, -0.1) is 11.3 Å². The quantitative estimate of drug-likeness (QED) is 0.883. The highest BCUT2D eigenvalue weighted by atomic mass is 127. The second-order valence-electron chi connectivity index (χ2n) is 3.08. The Labute approximate surface area is 100 Å². The van der Waals surface area contributed by atoms with Crippen LogP contribution in [0.1, 0.15) is 16.5 Å². The summed E-state index contributed by atoms with van der Waals surface area (Å²) in [5.74, 6) is 0. The van der Waals surface area contributed by atoms with E-state index in [1.807, 2.05) is 6.07 Å². The van der Waals surface area contributed by atoms with Crippen molar-refractivity contribution in [2.24, 2.45) is 5.73 Å². The van der Waals surface area contributed by atoms with Crippen LogP contribution >= 0.6 is 33.9 Å². The van der Waals surface area contributed by atoms with E-state index in [4.69, 9.17) is 10.2 Å². The van der Waals surface area contributed by atoms with Crippen molar-refractivity contribution in [2.75, 3.05) is 0 Å². The van der Waals surface area contributed by atoms with E-state index in [-0.39, 0.29) is 6.04 Å². The summed E-state index contributed by atoms with van der Waals surface area (Å²) in [6.45, 7) is 0. The highest BCUT2D eigenvalue weighted by Gasteiger charge is 2.12. The van der Waals surface area contributed by atoms with E-state index in [9.17, 15) is 0 Å². The number of halogens is 1. The van der Waals surface area contributed by atoms with Gasteiger partial charge in [-0.25, -0.2) is 0 Å². The third kappa shape index (κ3) is 2.18. The maximum absolute atomic E-state index is 6.10. The van der Waals surface area contributed by atoms with E-state index in [1.165, 1.54) is 8.45 Å². The minimum atomic E-state index is 0.0829. The van der Waals surface area contributed by atoms with Gasteiger partial charge in [-0.1, -0.05) is 0 Å². The van der Waals surface area contributed by atoms with Crippen molar-refractivity contribution in [3.8, 4) is 0 Å². The molecule has 2 aromatic heterocycles. The second-order valence-corrected chi connectivity index (χ2v) is 5.18. The van der Waals surface area contributed by atoms with Crippen LogP contribution in [0.4, 0.5) is 0 Å². The summed E-state index contributed by atoms with van der Waals surface area (Å²) < 4.78 is 6.26. The zero-order valence-electron chi connectivity index (χ0n) is 7.44. The smallest absolute Gasteiger partial charge is 0.0935 e. The summed E-state index contributed by atoms with van der Waals surface area (Å²) in [4.78, 5) is 1.26. The van der Waals surface area contributed by atoms with Crippen molar-refractivity contribution in [3.05, 3.63) is 44.0 Å². The standard InChI is InChI=1S/C10H10INOS/c11-8-2-4-14-10(8)9(12)5-7-1-3-13-6-7/h1-4,6,9H,5,12H2. The van der Waals surface area contributed by atoms with Crippen LogP contribution in [-0.4, -0.2) is 0 Å². The molecule has 0 saturated heterocycles. The average molecular weight is 319 g/mol. The molecule has 0 amide bonds. The second kappa shape index (κ2) is 4.46. The summed E-state index contributed by atoms with van der Waals surface area (Å²) >= 11 is 4.04.